The second-order valence-electron chi connectivity index (χ2n) is 2.85. The molecule has 0 rings (SSSR count). The molecule has 0 saturated heterocycles. The molecule has 0 aliphatic carbocycles. The van der Waals surface area contributed by atoms with Crippen LogP contribution in [0.25, 0.3) is 0 Å². The monoisotopic (exact) mass is 132 g/mol. The van der Waals surface area contributed by atoms with Crippen molar-refractivity contribution in [3.05, 3.63) is 0 Å². The highest BCUT2D eigenvalue weighted by Gasteiger charge is 2.15. The minimum Gasteiger partial charge on any atom is -0.394 e. The van der Waals surface area contributed by atoms with Crippen LogP contribution >= 0.6 is 0 Å². The van der Waals surface area contributed by atoms with Crippen LogP contribution in [-0.2, 0) is 0 Å². The summed E-state index contributed by atoms with van der Waals surface area (Å²) in [4.78, 5) is 0. The molecule has 0 aromatic rings. The summed E-state index contributed by atoms with van der Waals surface area (Å²) in [6, 6.07) is 0. The van der Waals surface area contributed by atoms with Crippen molar-refractivity contribution in [3.8, 4) is 0 Å². The quantitative estimate of drug-likeness (QED) is 0.591. The summed E-state index contributed by atoms with van der Waals surface area (Å²) >= 11 is 0. The van der Waals surface area contributed by atoms with Gasteiger partial charge >= 0.3 is 0 Å². The van der Waals surface area contributed by atoms with Gasteiger partial charge in [0.15, 0.2) is 0 Å². The van der Waals surface area contributed by atoms with Crippen LogP contribution in [0.15, 0.2) is 0 Å². The molecule has 0 amide bonds. The molecular formula is C7H16O2. The highest BCUT2D eigenvalue weighted by atomic mass is 16.3. The smallest absolute Gasteiger partial charge is 0.0798 e. The Bertz CT molecular complexity index is 71.3. The number of hydrogen-bond donors (Lipinski definition) is 2. The predicted octanol–water partition coefficient (Wildman–Crippen LogP) is 0.632. The van der Waals surface area contributed by atoms with E-state index in [1.54, 1.807) is 0 Å². The van der Waals surface area contributed by atoms with Crippen LogP contribution in [0, 0.1) is 11.8 Å². The molecule has 0 radical (unpaired) electrons. The summed E-state index contributed by atoms with van der Waals surface area (Å²) in [6.45, 7) is 5.87. The average Bonchev–Trinajstić information content (AvgIpc) is 1.84. The first kappa shape index (κ1) is 8.92. The lowest BCUT2D eigenvalue weighted by Crippen LogP contribution is -2.25. The number of aliphatic hydroxyl groups excluding tert-OH is 2. The summed E-state index contributed by atoms with van der Waals surface area (Å²) in [5, 5.41) is 17.6. The van der Waals surface area contributed by atoms with Gasteiger partial charge in [-0.3, -0.25) is 0 Å². The van der Waals surface area contributed by atoms with E-state index in [1.165, 1.54) is 0 Å². The highest BCUT2D eigenvalue weighted by Crippen LogP contribution is 2.13. The van der Waals surface area contributed by atoms with Gasteiger partial charge in [-0.1, -0.05) is 20.8 Å². The highest BCUT2D eigenvalue weighted by molar-refractivity contribution is 4.65. The van der Waals surface area contributed by atoms with E-state index in [4.69, 9.17) is 10.2 Å². The fourth-order valence-electron chi connectivity index (χ4n) is 0.611. The molecule has 56 valence electrons. The van der Waals surface area contributed by atoms with Gasteiger partial charge in [-0.2, -0.15) is 0 Å². The fourth-order valence-corrected chi connectivity index (χ4v) is 0.611. The van der Waals surface area contributed by atoms with Crippen molar-refractivity contribution in [1.82, 2.24) is 0 Å². The van der Waals surface area contributed by atoms with Gasteiger partial charge in [0.1, 0.15) is 0 Å². The first-order chi connectivity index (χ1) is 4.09. The fraction of sp³-hybridized carbons (Fsp3) is 1.00. The van der Waals surface area contributed by atoms with Crippen molar-refractivity contribution in [2.24, 2.45) is 11.8 Å². The van der Waals surface area contributed by atoms with E-state index in [2.05, 4.69) is 0 Å². The lowest BCUT2D eigenvalue weighted by atomic mass is 9.93. The Morgan fingerprint density at radius 2 is 1.67 bits per heavy atom. The van der Waals surface area contributed by atoms with Gasteiger partial charge in [0.2, 0.25) is 0 Å². The first-order valence-electron chi connectivity index (χ1n) is 3.38. The Hall–Kier alpha value is -0.0800. The van der Waals surface area contributed by atoms with E-state index in [0.29, 0.717) is 5.92 Å². The van der Waals surface area contributed by atoms with Gasteiger partial charge < -0.3 is 10.2 Å². The van der Waals surface area contributed by atoms with Gasteiger partial charge in [0.25, 0.3) is 0 Å². The van der Waals surface area contributed by atoms with Crippen LogP contribution in [0.4, 0.5) is 0 Å². The molecule has 0 aliphatic rings. The average molecular weight is 132 g/mol. The standard InChI is InChI=1S/C7H16O2/c1-5(2)6(3)7(9)4-8/h5-9H,4H2,1-3H3/t6-,7+/m1/s1. The van der Waals surface area contributed by atoms with Crippen LogP contribution in [0.3, 0.4) is 0 Å². The normalized spacial score (nSPS) is 18.0. The molecule has 0 saturated carbocycles. The number of rotatable bonds is 3. The van der Waals surface area contributed by atoms with Crippen molar-refractivity contribution in [2.75, 3.05) is 6.61 Å². The van der Waals surface area contributed by atoms with Crippen LogP contribution in [0.2, 0.25) is 0 Å². The Balaban J connectivity index is 3.58. The molecule has 2 N–H and O–H groups in total. The van der Waals surface area contributed by atoms with Gasteiger partial charge in [-0.25, -0.2) is 0 Å². The zero-order chi connectivity index (χ0) is 7.44. The Morgan fingerprint density at radius 3 is 1.78 bits per heavy atom. The summed E-state index contributed by atoms with van der Waals surface area (Å²) in [7, 11) is 0. The van der Waals surface area contributed by atoms with E-state index in [0.717, 1.165) is 0 Å². The van der Waals surface area contributed by atoms with Gasteiger partial charge in [0, 0.05) is 0 Å². The van der Waals surface area contributed by atoms with Crippen molar-refractivity contribution in [1.29, 1.82) is 0 Å². The number of hydrogen-bond acceptors (Lipinski definition) is 2. The molecule has 0 fully saturated rings. The molecule has 2 atom stereocenters. The summed E-state index contributed by atoms with van der Waals surface area (Å²) in [5.74, 6) is 0.627. The maximum Gasteiger partial charge on any atom is 0.0798 e. The maximum absolute atomic E-state index is 9.05. The molecule has 0 aromatic heterocycles. The largest absolute Gasteiger partial charge is 0.394 e. The molecule has 9 heavy (non-hydrogen) atoms. The topological polar surface area (TPSA) is 40.5 Å². The molecule has 0 aliphatic heterocycles. The summed E-state index contributed by atoms with van der Waals surface area (Å²) in [5.41, 5.74) is 0. The maximum atomic E-state index is 9.05. The molecule has 2 heteroatoms. The lowest BCUT2D eigenvalue weighted by molar-refractivity contribution is 0.0368. The third kappa shape index (κ3) is 2.82. The zero-order valence-electron chi connectivity index (χ0n) is 6.33. The second-order valence-corrected chi connectivity index (χ2v) is 2.85. The van der Waals surface area contributed by atoms with Gasteiger partial charge in [-0.15, -0.1) is 0 Å². The third-order valence-electron chi connectivity index (χ3n) is 1.85. The minimum atomic E-state index is -0.551. The van der Waals surface area contributed by atoms with Crippen LogP contribution in [0.1, 0.15) is 20.8 Å². The van der Waals surface area contributed by atoms with Gasteiger partial charge in [-0.05, 0) is 11.8 Å². The summed E-state index contributed by atoms with van der Waals surface area (Å²) < 4.78 is 0. The van der Waals surface area contributed by atoms with Crippen LogP contribution in [0.5, 0.6) is 0 Å². The van der Waals surface area contributed by atoms with E-state index in [1.807, 2.05) is 20.8 Å². The van der Waals surface area contributed by atoms with Crippen molar-refractivity contribution in [3.63, 3.8) is 0 Å². The Morgan fingerprint density at radius 1 is 1.22 bits per heavy atom. The van der Waals surface area contributed by atoms with E-state index in [9.17, 15) is 0 Å². The first-order valence-corrected chi connectivity index (χ1v) is 3.38. The van der Waals surface area contributed by atoms with Crippen molar-refractivity contribution in [2.45, 2.75) is 26.9 Å². The third-order valence-corrected chi connectivity index (χ3v) is 1.85. The van der Waals surface area contributed by atoms with Gasteiger partial charge in [0.05, 0.1) is 12.7 Å². The molecule has 0 aromatic carbocycles. The molecule has 2 nitrogen and oxygen atoms in total. The predicted molar refractivity (Wildman–Crippen MR) is 37.1 cm³/mol. The molecule has 0 unspecified atom stereocenters. The SMILES string of the molecule is CC(C)[C@@H](C)[C@@H](O)CO. The van der Waals surface area contributed by atoms with Crippen LogP contribution in [-0.4, -0.2) is 22.9 Å². The molecular weight excluding hydrogens is 116 g/mol. The Labute approximate surface area is 56.5 Å². The Kier molecular flexibility index (Phi) is 3.82. The summed E-state index contributed by atoms with van der Waals surface area (Å²) in [6.07, 6.45) is -0.551. The minimum absolute atomic E-state index is 0.126. The van der Waals surface area contributed by atoms with Crippen molar-refractivity contribution < 1.29 is 10.2 Å². The lowest BCUT2D eigenvalue weighted by Gasteiger charge is -2.19. The van der Waals surface area contributed by atoms with E-state index >= 15 is 0 Å². The molecule has 0 bridgehead atoms. The number of aliphatic hydroxyl groups is 2. The second kappa shape index (κ2) is 3.85. The van der Waals surface area contributed by atoms with E-state index in [-0.39, 0.29) is 12.5 Å². The van der Waals surface area contributed by atoms with E-state index < -0.39 is 6.10 Å². The molecule has 0 heterocycles. The molecule has 0 spiro atoms. The zero-order valence-corrected chi connectivity index (χ0v) is 6.33. The van der Waals surface area contributed by atoms with Crippen molar-refractivity contribution >= 4 is 0 Å². The van der Waals surface area contributed by atoms with Crippen LogP contribution < -0.4 is 0 Å².